The van der Waals surface area contributed by atoms with Crippen LogP contribution in [0.2, 0.25) is 0 Å². The zero-order valence-electron chi connectivity index (χ0n) is 13.6. The summed E-state index contributed by atoms with van der Waals surface area (Å²) in [6, 6.07) is 10.5. The van der Waals surface area contributed by atoms with Crippen molar-refractivity contribution in [2.75, 3.05) is 13.2 Å². The van der Waals surface area contributed by atoms with Gasteiger partial charge in [0, 0.05) is 18.7 Å². The van der Waals surface area contributed by atoms with Crippen molar-refractivity contribution in [1.29, 1.82) is 0 Å². The first-order chi connectivity index (χ1) is 11.7. The summed E-state index contributed by atoms with van der Waals surface area (Å²) in [5.74, 6) is 0.933. The summed E-state index contributed by atoms with van der Waals surface area (Å²) in [5.41, 5.74) is 1.56. The molecule has 0 aliphatic carbocycles. The van der Waals surface area contributed by atoms with Gasteiger partial charge in [-0.1, -0.05) is 24.3 Å². The number of benzene rings is 2. The monoisotopic (exact) mass is 393 g/mol. The van der Waals surface area contributed by atoms with Gasteiger partial charge in [-0.15, -0.1) is 6.58 Å². The standard InChI is InChI=1S/C19H21BrFNO2/c1-3-9-22-12-14-10-16(20)19(18(11-14)23-4-2)24-13-15-7-5-6-8-17(15)21/h3,5-8,10-11,22H,1,4,9,12-13H2,2H3. The fourth-order valence-corrected chi connectivity index (χ4v) is 2.81. The van der Waals surface area contributed by atoms with Crippen molar-refractivity contribution in [2.45, 2.75) is 20.1 Å². The van der Waals surface area contributed by atoms with Crippen LogP contribution >= 0.6 is 15.9 Å². The Bertz CT molecular complexity index is 691. The third-order valence-corrected chi connectivity index (χ3v) is 3.91. The Balaban J connectivity index is 2.18. The van der Waals surface area contributed by atoms with Crippen LogP contribution in [-0.2, 0) is 13.2 Å². The number of rotatable bonds is 9. The maximum absolute atomic E-state index is 13.7. The van der Waals surface area contributed by atoms with Gasteiger partial charge in [0.05, 0.1) is 11.1 Å². The van der Waals surface area contributed by atoms with Gasteiger partial charge < -0.3 is 14.8 Å². The number of ether oxygens (including phenoxy) is 2. The third kappa shape index (κ3) is 5.08. The van der Waals surface area contributed by atoms with E-state index < -0.39 is 0 Å². The summed E-state index contributed by atoms with van der Waals surface area (Å²) < 4.78 is 26.0. The minimum atomic E-state index is -0.281. The highest BCUT2D eigenvalue weighted by atomic mass is 79.9. The van der Waals surface area contributed by atoms with Gasteiger partial charge in [-0.3, -0.25) is 0 Å². The molecule has 0 bridgehead atoms. The first kappa shape index (κ1) is 18.5. The molecule has 2 aromatic carbocycles. The molecule has 24 heavy (non-hydrogen) atoms. The third-order valence-electron chi connectivity index (χ3n) is 3.32. The van der Waals surface area contributed by atoms with Gasteiger partial charge in [0.25, 0.3) is 0 Å². The van der Waals surface area contributed by atoms with Crippen LogP contribution < -0.4 is 14.8 Å². The van der Waals surface area contributed by atoms with Crippen molar-refractivity contribution in [2.24, 2.45) is 0 Å². The van der Waals surface area contributed by atoms with Gasteiger partial charge in [0.15, 0.2) is 11.5 Å². The molecule has 2 rings (SSSR count). The lowest BCUT2D eigenvalue weighted by Crippen LogP contribution is -2.13. The second-order valence-electron chi connectivity index (χ2n) is 5.14. The molecule has 128 valence electrons. The quantitative estimate of drug-likeness (QED) is 0.488. The van der Waals surface area contributed by atoms with Crippen molar-refractivity contribution >= 4 is 15.9 Å². The Hall–Kier alpha value is -1.85. The minimum Gasteiger partial charge on any atom is -0.490 e. The summed E-state index contributed by atoms with van der Waals surface area (Å²) in [6.07, 6.45) is 1.81. The second-order valence-corrected chi connectivity index (χ2v) is 5.99. The topological polar surface area (TPSA) is 30.5 Å². The fourth-order valence-electron chi connectivity index (χ4n) is 2.21. The SMILES string of the molecule is C=CCNCc1cc(Br)c(OCc2ccccc2F)c(OCC)c1. The van der Waals surface area contributed by atoms with E-state index in [0.717, 1.165) is 16.6 Å². The van der Waals surface area contributed by atoms with E-state index in [4.69, 9.17) is 9.47 Å². The zero-order valence-corrected chi connectivity index (χ0v) is 15.2. The van der Waals surface area contributed by atoms with Crippen molar-refractivity contribution in [3.8, 4) is 11.5 Å². The van der Waals surface area contributed by atoms with E-state index in [0.29, 0.717) is 30.2 Å². The predicted octanol–water partition coefficient (Wildman–Crippen LogP) is 4.84. The van der Waals surface area contributed by atoms with Crippen LogP contribution in [0.25, 0.3) is 0 Å². The molecular weight excluding hydrogens is 373 g/mol. The van der Waals surface area contributed by atoms with Gasteiger partial charge in [0.2, 0.25) is 0 Å². The summed E-state index contributed by atoms with van der Waals surface area (Å²) in [6.45, 7) is 7.68. The van der Waals surface area contributed by atoms with Crippen LogP contribution in [0, 0.1) is 5.82 Å². The highest BCUT2D eigenvalue weighted by molar-refractivity contribution is 9.10. The average Bonchev–Trinajstić information content (AvgIpc) is 2.56. The molecule has 0 fully saturated rings. The first-order valence-corrected chi connectivity index (χ1v) is 8.58. The van der Waals surface area contributed by atoms with E-state index in [1.54, 1.807) is 18.2 Å². The lowest BCUT2D eigenvalue weighted by Gasteiger charge is -2.16. The van der Waals surface area contributed by atoms with Crippen molar-refractivity contribution in [1.82, 2.24) is 5.32 Å². The van der Waals surface area contributed by atoms with E-state index in [2.05, 4.69) is 27.8 Å². The highest BCUT2D eigenvalue weighted by Gasteiger charge is 2.13. The van der Waals surface area contributed by atoms with Crippen LogP contribution in [-0.4, -0.2) is 13.2 Å². The van der Waals surface area contributed by atoms with Gasteiger partial charge in [-0.25, -0.2) is 4.39 Å². The summed E-state index contributed by atoms with van der Waals surface area (Å²) in [7, 11) is 0. The normalized spacial score (nSPS) is 10.5. The largest absolute Gasteiger partial charge is 0.490 e. The van der Waals surface area contributed by atoms with Gasteiger partial charge in [-0.05, 0) is 46.6 Å². The lowest BCUT2D eigenvalue weighted by molar-refractivity contribution is 0.264. The number of hydrogen-bond acceptors (Lipinski definition) is 3. The van der Waals surface area contributed by atoms with E-state index in [1.807, 2.05) is 25.1 Å². The van der Waals surface area contributed by atoms with Crippen LogP contribution in [0.15, 0.2) is 53.5 Å². The number of hydrogen-bond donors (Lipinski definition) is 1. The zero-order chi connectivity index (χ0) is 17.4. The molecule has 1 N–H and O–H groups in total. The molecule has 0 aromatic heterocycles. The van der Waals surface area contributed by atoms with Gasteiger partial charge in [0.1, 0.15) is 12.4 Å². The number of halogens is 2. The van der Waals surface area contributed by atoms with Crippen molar-refractivity contribution in [3.63, 3.8) is 0 Å². The molecule has 0 aliphatic heterocycles. The van der Waals surface area contributed by atoms with E-state index in [9.17, 15) is 4.39 Å². The lowest BCUT2D eigenvalue weighted by atomic mass is 10.2. The Morgan fingerprint density at radius 3 is 2.75 bits per heavy atom. The van der Waals surface area contributed by atoms with Gasteiger partial charge in [-0.2, -0.15) is 0 Å². The predicted molar refractivity (Wildman–Crippen MR) is 97.9 cm³/mol. The summed E-state index contributed by atoms with van der Waals surface area (Å²) in [4.78, 5) is 0. The summed E-state index contributed by atoms with van der Waals surface area (Å²) >= 11 is 3.52. The van der Waals surface area contributed by atoms with E-state index in [1.165, 1.54) is 6.07 Å². The van der Waals surface area contributed by atoms with Crippen molar-refractivity contribution in [3.05, 3.63) is 70.5 Å². The average molecular weight is 394 g/mol. The van der Waals surface area contributed by atoms with Crippen LogP contribution in [0.5, 0.6) is 11.5 Å². The molecule has 0 atom stereocenters. The molecule has 0 spiro atoms. The molecule has 2 aromatic rings. The Morgan fingerprint density at radius 1 is 1.25 bits per heavy atom. The Labute approximate surface area is 150 Å². The molecule has 0 saturated carbocycles. The molecule has 0 saturated heterocycles. The molecule has 0 heterocycles. The fraction of sp³-hybridized carbons (Fsp3) is 0.263. The van der Waals surface area contributed by atoms with E-state index >= 15 is 0 Å². The van der Waals surface area contributed by atoms with Crippen LogP contribution in [0.1, 0.15) is 18.1 Å². The molecule has 0 unspecified atom stereocenters. The Kier molecular flexibility index (Phi) is 7.28. The molecule has 0 radical (unpaired) electrons. The maximum Gasteiger partial charge on any atom is 0.175 e. The minimum absolute atomic E-state index is 0.138. The van der Waals surface area contributed by atoms with Crippen LogP contribution in [0.4, 0.5) is 4.39 Å². The Morgan fingerprint density at radius 2 is 2.04 bits per heavy atom. The van der Waals surface area contributed by atoms with E-state index in [-0.39, 0.29) is 12.4 Å². The van der Waals surface area contributed by atoms with Crippen LogP contribution in [0.3, 0.4) is 0 Å². The molecular formula is C19H21BrFNO2. The smallest absolute Gasteiger partial charge is 0.175 e. The van der Waals surface area contributed by atoms with Gasteiger partial charge >= 0.3 is 0 Å². The highest BCUT2D eigenvalue weighted by Crippen LogP contribution is 2.37. The van der Waals surface area contributed by atoms with Crippen molar-refractivity contribution < 1.29 is 13.9 Å². The number of nitrogens with one attached hydrogen (secondary N) is 1. The molecule has 0 amide bonds. The maximum atomic E-state index is 13.7. The second kappa shape index (κ2) is 9.45. The molecule has 5 heteroatoms. The first-order valence-electron chi connectivity index (χ1n) is 7.78. The molecule has 3 nitrogen and oxygen atoms in total. The summed E-state index contributed by atoms with van der Waals surface area (Å²) in [5, 5.41) is 3.25. The molecule has 0 aliphatic rings.